The Hall–Kier alpha value is -0.580. The third-order valence-corrected chi connectivity index (χ3v) is 3.05. The second kappa shape index (κ2) is 4.73. The van der Waals surface area contributed by atoms with Crippen molar-refractivity contribution >= 4 is 28.9 Å². The van der Waals surface area contributed by atoms with Crippen molar-refractivity contribution in [2.45, 2.75) is 25.9 Å². The van der Waals surface area contributed by atoms with Gasteiger partial charge in [-0.25, -0.2) is 0 Å². The van der Waals surface area contributed by atoms with Crippen LogP contribution in [-0.4, -0.2) is 35.4 Å². The molecule has 88 valence electrons. The van der Waals surface area contributed by atoms with Crippen LogP contribution in [0.4, 0.5) is 5.69 Å². The van der Waals surface area contributed by atoms with Gasteiger partial charge in [0.2, 0.25) is 0 Å². The van der Waals surface area contributed by atoms with Crippen molar-refractivity contribution in [3.05, 3.63) is 16.4 Å². The predicted octanol–water partition coefficient (Wildman–Crippen LogP) is 1.97. The number of halogens is 2. The number of hydrogen-bond acceptors (Lipinski definition) is 4. The summed E-state index contributed by atoms with van der Waals surface area (Å²) in [6, 6.07) is 2.61. The van der Waals surface area contributed by atoms with Crippen LogP contribution in [0.25, 0.3) is 0 Å². The van der Waals surface area contributed by atoms with Gasteiger partial charge in [-0.15, -0.1) is 10.2 Å². The third kappa shape index (κ3) is 2.56. The topological polar surface area (TPSA) is 41.1 Å². The van der Waals surface area contributed by atoms with Crippen molar-refractivity contribution < 1.29 is 0 Å². The van der Waals surface area contributed by atoms with E-state index in [1.165, 1.54) is 0 Å². The highest BCUT2D eigenvalue weighted by atomic mass is 35.5. The molecule has 2 rings (SSSR count). The summed E-state index contributed by atoms with van der Waals surface area (Å²) in [7, 11) is 0. The Morgan fingerprint density at radius 3 is 2.50 bits per heavy atom. The third-order valence-electron chi connectivity index (χ3n) is 2.60. The van der Waals surface area contributed by atoms with Crippen molar-refractivity contribution in [3.8, 4) is 0 Å². The number of nitrogens with zero attached hydrogens (tertiary/aromatic N) is 3. The Morgan fingerprint density at radius 1 is 1.25 bits per heavy atom. The second-order valence-corrected chi connectivity index (χ2v) is 4.96. The van der Waals surface area contributed by atoms with Gasteiger partial charge in [0, 0.05) is 31.2 Å². The van der Waals surface area contributed by atoms with Crippen molar-refractivity contribution in [1.82, 2.24) is 15.5 Å². The fourth-order valence-electron chi connectivity index (χ4n) is 2.09. The van der Waals surface area contributed by atoms with E-state index in [2.05, 4.69) is 34.3 Å². The number of nitrogens with one attached hydrogen (secondary N) is 1. The molecule has 2 unspecified atom stereocenters. The zero-order chi connectivity index (χ0) is 11.7. The fraction of sp³-hybridized carbons (Fsp3) is 0.600. The molecular formula is C10H14Cl2N4. The first kappa shape index (κ1) is 11.9. The van der Waals surface area contributed by atoms with Gasteiger partial charge in [0.25, 0.3) is 0 Å². The molecule has 1 aromatic heterocycles. The summed E-state index contributed by atoms with van der Waals surface area (Å²) in [6.45, 7) is 6.08. The number of hydrogen-bond donors (Lipinski definition) is 1. The van der Waals surface area contributed by atoms with Crippen LogP contribution in [-0.2, 0) is 0 Å². The minimum Gasteiger partial charge on any atom is -0.366 e. The van der Waals surface area contributed by atoms with Crippen LogP contribution in [0.3, 0.4) is 0 Å². The van der Waals surface area contributed by atoms with Crippen LogP contribution < -0.4 is 10.2 Å². The summed E-state index contributed by atoms with van der Waals surface area (Å²) >= 11 is 11.9. The molecular weight excluding hydrogens is 247 g/mol. The van der Waals surface area contributed by atoms with Crippen LogP contribution in [0.1, 0.15) is 13.8 Å². The van der Waals surface area contributed by atoms with Gasteiger partial charge in [-0.1, -0.05) is 23.2 Å². The highest BCUT2D eigenvalue weighted by Crippen LogP contribution is 2.26. The Bertz CT molecular complexity index is 375. The molecule has 2 atom stereocenters. The lowest BCUT2D eigenvalue weighted by Gasteiger charge is -2.37. The maximum Gasteiger partial charge on any atom is 0.175 e. The number of rotatable bonds is 1. The average molecular weight is 261 g/mol. The molecule has 6 heteroatoms. The van der Waals surface area contributed by atoms with Gasteiger partial charge in [0.05, 0.1) is 5.69 Å². The van der Waals surface area contributed by atoms with Crippen LogP contribution in [0, 0.1) is 0 Å². The van der Waals surface area contributed by atoms with Gasteiger partial charge in [-0.2, -0.15) is 0 Å². The summed E-state index contributed by atoms with van der Waals surface area (Å²) in [4.78, 5) is 2.19. The van der Waals surface area contributed by atoms with E-state index < -0.39 is 0 Å². The lowest BCUT2D eigenvalue weighted by Crippen LogP contribution is -2.54. The van der Waals surface area contributed by atoms with E-state index in [-0.39, 0.29) is 0 Å². The Kier molecular flexibility index (Phi) is 3.52. The summed E-state index contributed by atoms with van der Waals surface area (Å²) in [5, 5.41) is 11.8. The number of piperazine rings is 1. The molecule has 4 nitrogen and oxygen atoms in total. The molecule has 16 heavy (non-hydrogen) atoms. The molecule has 1 saturated heterocycles. The molecule has 1 N–H and O–H groups in total. The van der Waals surface area contributed by atoms with E-state index in [9.17, 15) is 0 Å². The van der Waals surface area contributed by atoms with Crippen LogP contribution >= 0.6 is 23.2 Å². The normalized spacial score (nSPS) is 25.9. The standard InChI is InChI=1S/C10H14Cl2N4/c1-6-4-16(5-7(2)13-6)8-3-9(11)14-15-10(8)12/h3,6-7,13H,4-5H2,1-2H3. The molecule has 1 aliphatic heterocycles. The smallest absolute Gasteiger partial charge is 0.175 e. The molecule has 0 saturated carbocycles. The largest absolute Gasteiger partial charge is 0.366 e. The maximum absolute atomic E-state index is 6.03. The molecule has 0 radical (unpaired) electrons. The summed E-state index contributed by atoms with van der Waals surface area (Å²) in [5.41, 5.74) is 0.863. The quantitative estimate of drug-likeness (QED) is 0.839. The van der Waals surface area contributed by atoms with Gasteiger partial charge in [-0.05, 0) is 13.8 Å². The van der Waals surface area contributed by atoms with Crippen LogP contribution in [0.5, 0.6) is 0 Å². The highest BCUT2D eigenvalue weighted by Gasteiger charge is 2.23. The highest BCUT2D eigenvalue weighted by molar-refractivity contribution is 6.33. The van der Waals surface area contributed by atoms with E-state index in [1.807, 2.05) is 0 Å². The predicted molar refractivity (Wildman–Crippen MR) is 66.3 cm³/mol. The monoisotopic (exact) mass is 260 g/mol. The van der Waals surface area contributed by atoms with Crippen molar-refractivity contribution in [2.75, 3.05) is 18.0 Å². The molecule has 1 aromatic rings. The van der Waals surface area contributed by atoms with E-state index in [1.54, 1.807) is 6.07 Å². The minimum atomic E-state index is 0.373. The lowest BCUT2D eigenvalue weighted by molar-refractivity contribution is 0.407. The van der Waals surface area contributed by atoms with Gasteiger partial charge in [0.15, 0.2) is 10.3 Å². The zero-order valence-corrected chi connectivity index (χ0v) is 10.8. The zero-order valence-electron chi connectivity index (χ0n) is 9.24. The van der Waals surface area contributed by atoms with Crippen LogP contribution in [0.2, 0.25) is 10.3 Å². The fourth-order valence-corrected chi connectivity index (χ4v) is 2.44. The summed E-state index contributed by atoms with van der Waals surface area (Å²) < 4.78 is 0. The number of aromatic nitrogens is 2. The minimum absolute atomic E-state index is 0.373. The summed E-state index contributed by atoms with van der Waals surface area (Å²) in [6.07, 6.45) is 0. The molecule has 0 spiro atoms. The first-order valence-electron chi connectivity index (χ1n) is 5.26. The Balaban J connectivity index is 2.25. The van der Waals surface area contributed by atoms with Crippen molar-refractivity contribution in [2.24, 2.45) is 0 Å². The Labute approximate surface area is 105 Å². The van der Waals surface area contributed by atoms with Crippen molar-refractivity contribution in [3.63, 3.8) is 0 Å². The molecule has 2 heterocycles. The van der Waals surface area contributed by atoms with Gasteiger partial charge in [-0.3, -0.25) is 0 Å². The molecule has 1 fully saturated rings. The SMILES string of the molecule is CC1CN(c2cc(Cl)nnc2Cl)CC(C)N1. The Morgan fingerprint density at radius 2 is 1.88 bits per heavy atom. The van der Waals surface area contributed by atoms with Gasteiger partial charge in [0.1, 0.15) is 0 Å². The van der Waals surface area contributed by atoms with Gasteiger partial charge >= 0.3 is 0 Å². The van der Waals surface area contributed by atoms with Crippen molar-refractivity contribution in [1.29, 1.82) is 0 Å². The van der Waals surface area contributed by atoms with Crippen LogP contribution in [0.15, 0.2) is 6.07 Å². The van der Waals surface area contributed by atoms with E-state index >= 15 is 0 Å². The lowest BCUT2D eigenvalue weighted by atomic mass is 10.1. The van der Waals surface area contributed by atoms with E-state index in [0.29, 0.717) is 22.4 Å². The first-order chi connectivity index (χ1) is 7.56. The molecule has 1 aliphatic rings. The average Bonchev–Trinajstić information content (AvgIpc) is 2.20. The molecule has 0 aliphatic carbocycles. The maximum atomic E-state index is 6.03. The second-order valence-electron chi connectivity index (χ2n) is 4.22. The molecule has 0 aromatic carbocycles. The van der Waals surface area contributed by atoms with E-state index in [0.717, 1.165) is 18.8 Å². The first-order valence-corrected chi connectivity index (χ1v) is 6.01. The molecule has 0 bridgehead atoms. The van der Waals surface area contributed by atoms with Gasteiger partial charge < -0.3 is 10.2 Å². The number of anilines is 1. The van der Waals surface area contributed by atoms with E-state index in [4.69, 9.17) is 23.2 Å². The summed E-state index contributed by atoms with van der Waals surface area (Å²) in [5.74, 6) is 0. The molecule has 0 amide bonds.